The fourth-order valence-corrected chi connectivity index (χ4v) is 7.32. The number of hydrogen-bond acceptors (Lipinski definition) is 8. The van der Waals surface area contributed by atoms with Crippen molar-refractivity contribution in [1.29, 1.82) is 0 Å². The molecule has 0 spiro atoms. The molecule has 13 heteroatoms. The number of halogens is 4. The van der Waals surface area contributed by atoms with E-state index in [1.165, 1.54) is 18.3 Å². The number of alkyl halides is 3. The topological polar surface area (TPSA) is 95.9 Å². The van der Waals surface area contributed by atoms with E-state index >= 15 is 0 Å². The molecule has 5 heterocycles. The zero-order chi connectivity index (χ0) is 31.6. The number of para-hydroxylation sites is 1. The molecule has 8 nitrogen and oxygen atoms in total. The first-order valence-corrected chi connectivity index (χ1v) is 15.9. The van der Waals surface area contributed by atoms with Crippen molar-refractivity contribution in [2.24, 2.45) is 5.92 Å². The summed E-state index contributed by atoms with van der Waals surface area (Å²) in [6.07, 6.45) is 3.38. The lowest BCUT2D eigenvalue weighted by Gasteiger charge is -2.35. The molecule has 0 bridgehead atoms. The molecule has 0 saturated carbocycles. The van der Waals surface area contributed by atoms with Crippen LogP contribution in [-0.2, 0) is 6.42 Å². The minimum atomic E-state index is -4.15. The molecular formula is C32H33F4N7OS. The first kappa shape index (κ1) is 31.2. The third-order valence-corrected chi connectivity index (χ3v) is 9.94. The number of nitrogens with one attached hydrogen (secondary N) is 2. The molecule has 2 aliphatic rings. The summed E-state index contributed by atoms with van der Waals surface area (Å²) in [5, 5.41) is 6.94. The molecule has 0 radical (unpaired) electrons. The molecule has 1 amide bonds. The third kappa shape index (κ3) is 7.36. The highest BCUT2D eigenvalue weighted by atomic mass is 32.2. The molecular weight excluding hydrogens is 606 g/mol. The summed E-state index contributed by atoms with van der Waals surface area (Å²) in [4.78, 5) is 31.5. The molecule has 2 aliphatic heterocycles. The lowest BCUT2D eigenvalue weighted by atomic mass is 9.92. The Balaban J connectivity index is 1.01. The number of carbonyl (C=O) groups is 1. The second-order valence-electron chi connectivity index (χ2n) is 11.5. The van der Waals surface area contributed by atoms with Crippen molar-refractivity contribution in [3.8, 4) is 11.3 Å². The molecule has 3 aromatic heterocycles. The summed E-state index contributed by atoms with van der Waals surface area (Å²) >= 11 is 1.80. The molecule has 2 atom stereocenters. The summed E-state index contributed by atoms with van der Waals surface area (Å²) < 4.78 is 52.4. The highest BCUT2D eigenvalue weighted by Gasteiger charge is 2.34. The minimum Gasteiger partial charge on any atom is -0.369 e. The van der Waals surface area contributed by atoms with E-state index in [0.717, 1.165) is 54.4 Å². The Morgan fingerprint density at radius 2 is 1.87 bits per heavy atom. The van der Waals surface area contributed by atoms with Crippen molar-refractivity contribution in [3.63, 3.8) is 0 Å². The minimum absolute atomic E-state index is 0.0138. The van der Waals surface area contributed by atoms with Crippen molar-refractivity contribution in [2.75, 3.05) is 38.5 Å². The van der Waals surface area contributed by atoms with Crippen molar-refractivity contribution >= 4 is 34.4 Å². The van der Waals surface area contributed by atoms with Crippen molar-refractivity contribution in [2.45, 2.75) is 42.4 Å². The van der Waals surface area contributed by atoms with Crippen LogP contribution in [0.15, 0.2) is 55.1 Å². The monoisotopic (exact) mass is 639 g/mol. The Morgan fingerprint density at radius 3 is 2.58 bits per heavy atom. The highest BCUT2D eigenvalue weighted by molar-refractivity contribution is 8.01. The van der Waals surface area contributed by atoms with Gasteiger partial charge in [-0.3, -0.25) is 19.7 Å². The number of aromatic nitrogens is 4. The van der Waals surface area contributed by atoms with E-state index in [1.807, 2.05) is 30.3 Å². The number of likely N-dealkylation sites (tertiary alicyclic amines) is 1. The number of pyridine rings is 2. The summed E-state index contributed by atoms with van der Waals surface area (Å²) in [5.74, 6) is -0.0827. The Kier molecular flexibility index (Phi) is 9.18. The van der Waals surface area contributed by atoms with Crippen LogP contribution in [0.25, 0.3) is 22.2 Å². The largest absolute Gasteiger partial charge is 0.401 e. The Morgan fingerprint density at radius 1 is 1.07 bits per heavy atom. The first-order chi connectivity index (χ1) is 21.7. The van der Waals surface area contributed by atoms with Gasteiger partial charge in [0.2, 0.25) is 0 Å². The molecule has 6 rings (SSSR count). The zero-order valence-corrected chi connectivity index (χ0v) is 25.5. The number of anilines is 1. The van der Waals surface area contributed by atoms with Crippen molar-refractivity contribution in [3.05, 3.63) is 77.8 Å². The number of benzene rings is 1. The van der Waals surface area contributed by atoms with Gasteiger partial charge in [0, 0.05) is 53.0 Å². The van der Waals surface area contributed by atoms with Crippen LogP contribution < -0.4 is 10.6 Å². The van der Waals surface area contributed by atoms with Gasteiger partial charge in [-0.05, 0) is 62.4 Å². The van der Waals surface area contributed by atoms with Crippen molar-refractivity contribution in [1.82, 2.24) is 30.2 Å². The molecule has 0 aliphatic carbocycles. The van der Waals surface area contributed by atoms with E-state index < -0.39 is 24.4 Å². The smallest absolute Gasteiger partial charge is 0.369 e. The molecule has 2 unspecified atom stereocenters. The van der Waals surface area contributed by atoms with E-state index in [-0.39, 0.29) is 10.8 Å². The fourth-order valence-electron chi connectivity index (χ4n) is 6.05. The number of amides is 1. The summed E-state index contributed by atoms with van der Waals surface area (Å²) in [7, 11) is 1.48. The number of piperidine rings is 1. The molecule has 4 aromatic rings. The Hall–Kier alpha value is -3.84. The number of rotatable bonds is 9. The second-order valence-corrected chi connectivity index (χ2v) is 13.0. The van der Waals surface area contributed by atoms with Gasteiger partial charge in [0.25, 0.3) is 5.91 Å². The molecule has 1 aromatic carbocycles. The molecule has 236 valence electrons. The average molecular weight is 640 g/mol. The van der Waals surface area contributed by atoms with E-state index in [4.69, 9.17) is 0 Å². The van der Waals surface area contributed by atoms with Gasteiger partial charge in [0.1, 0.15) is 12.1 Å². The van der Waals surface area contributed by atoms with Crippen LogP contribution in [0.2, 0.25) is 0 Å². The second kappa shape index (κ2) is 13.3. The van der Waals surface area contributed by atoms with Crippen LogP contribution in [0.4, 0.5) is 23.4 Å². The van der Waals surface area contributed by atoms with Gasteiger partial charge >= 0.3 is 6.18 Å². The quantitative estimate of drug-likeness (QED) is 0.214. The Labute approximate surface area is 262 Å². The summed E-state index contributed by atoms with van der Waals surface area (Å²) in [6.45, 7) is 0.783. The zero-order valence-electron chi connectivity index (χ0n) is 24.6. The predicted molar refractivity (Wildman–Crippen MR) is 167 cm³/mol. The number of carbonyl (C=O) groups excluding carboxylic acids is 1. The van der Waals surface area contributed by atoms with Gasteiger partial charge in [-0.1, -0.05) is 18.2 Å². The van der Waals surface area contributed by atoms with E-state index in [9.17, 15) is 22.4 Å². The van der Waals surface area contributed by atoms with Crippen molar-refractivity contribution < 1.29 is 22.4 Å². The maximum atomic E-state index is 14.4. The molecule has 45 heavy (non-hydrogen) atoms. The Bertz CT molecular complexity index is 1660. The highest BCUT2D eigenvalue weighted by Crippen LogP contribution is 2.50. The molecule has 2 fully saturated rings. The molecule has 2 saturated heterocycles. The van der Waals surface area contributed by atoms with Crippen LogP contribution in [0.5, 0.6) is 0 Å². The van der Waals surface area contributed by atoms with Crippen LogP contribution in [0, 0.1) is 11.7 Å². The summed E-state index contributed by atoms with van der Waals surface area (Å²) in [6, 6.07) is 11.4. The van der Waals surface area contributed by atoms with Gasteiger partial charge in [-0.25, -0.2) is 14.4 Å². The normalized spacial score (nSPS) is 19.3. The summed E-state index contributed by atoms with van der Waals surface area (Å²) in [5.41, 5.74) is 4.18. The van der Waals surface area contributed by atoms with Gasteiger partial charge in [0.05, 0.1) is 29.5 Å². The lowest BCUT2D eigenvalue weighted by molar-refractivity contribution is -0.148. The predicted octanol–water partition coefficient (Wildman–Crippen LogP) is 6.06. The standard InChI is InChI=1S/C32H33F4N7OS/c1-37-31(44)29-24-4-2-3-23(30(24)40-16-25(29)33)27-12-22(45-27)15-39-28-13-26(41-18-42-28)20-5-6-21(38-14-20)11-19-7-9-43(10-8-19)17-32(34,35)36/h2-6,13-14,16,18-19,22,27H,7-12,15,17H2,1H3,(H,37,44)(H,39,41,42). The third-order valence-electron chi connectivity index (χ3n) is 8.42. The van der Waals surface area contributed by atoms with Crippen LogP contribution >= 0.6 is 11.8 Å². The maximum absolute atomic E-state index is 14.4. The maximum Gasteiger partial charge on any atom is 0.401 e. The number of fused-ring (bicyclic) bond motifs is 1. The van der Waals surface area contributed by atoms with Crippen LogP contribution in [-0.4, -0.2) is 75.4 Å². The molecule has 2 N–H and O–H groups in total. The SMILES string of the molecule is CNC(=O)c1c(F)cnc2c(C3CC(CNc4cc(-c5ccc(CC6CCN(CC(F)(F)F)CC6)nc5)ncn4)S3)cccc12. The lowest BCUT2D eigenvalue weighted by Crippen LogP contribution is -2.40. The van der Waals surface area contributed by atoms with E-state index in [0.29, 0.717) is 47.5 Å². The van der Waals surface area contributed by atoms with Crippen LogP contribution in [0.3, 0.4) is 0 Å². The number of thioether (sulfide) groups is 1. The van der Waals surface area contributed by atoms with E-state index in [1.54, 1.807) is 24.0 Å². The van der Waals surface area contributed by atoms with Gasteiger partial charge < -0.3 is 10.6 Å². The van der Waals surface area contributed by atoms with E-state index in [2.05, 4.69) is 30.6 Å². The van der Waals surface area contributed by atoms with Gasteiger partial charge in [-0.2, -0.15) is 13.2 Å². The number of nitrogens with zero attached hydrogens (tertiary/aromatic N) is 5. The number of hydrogen-bond donors (Lipinski definition) is 2. The fraction of sp³-hybridized carbons (Fsp3) is 0.406. The van der Waals surface area contributed by atoms with Gasteiger partial charge in [0.15, 0.2) is 5.82 Å². The average Bonchev–Trinajstić information content (AvgIpc) is 3.00. The first-order valence-electron chi connectivity index (χ1n) is 14.9. The van der Waals surface area contributed by atoms with Gasteiger partial charge in [-0.15, -0.1) is 11.8 Å². The van der Waals surface area contributed by atoms with Crippen LogP contribution in [0.1, 0.15) is 46.1 Å².